The number of nitrogens with one attached hydrogen (secondary N) is 2. The molecule has 1 unspecified atom stereocenters. The van der Waals surface area contributed by atoms with Gasteiger partial charge in [-0.25, -0.2) is 4.39 Å². The third-order valence-electron chi connectivity index (χ3n) is 6.05. The summed E-state index contributed by atoms with van der Waals surface area (Å²) in [6.07, 6.45) is 1.61. The van der Waals surface area contributed by atoms with Gasteiger partial charge < -0.3 is 15.5 Å². The van der Waals surface area contributed by atoms with Crippen molar-refractivity contribution in [3.63, 3.8) is 0 Å². The van der Waals surface area contributed by atoms with E-state index in [1.807, 2.05) is 30.0 Å². The molecule has 1 aliphatic rings. The lowest BCUT2D eigenvalue weighted by molar-refractivity contribution is -0.117. The molecule has 3 aromatic rings. The van der Waals surface area contributed by atoms with Crippen molar-refractivity contribution in [1.29, 1.82) is 0 Å². The average molecular weight is 460 g/mol. The Morgan fingerprint density at radius 3 is 2.26 bits per heavy atom. The predicted octanol–water partition coefficient (Wildman–Crippen LogP) is 5.06. The first-order chi connectivity index (χ1) is 16.3. The SMILES string of the molecule is CC(=O)c1ccc(NC(=O)C(C)N2CCCc3c(NC(=O)c4ccc(F)cc4)cccc32)cc1. The maximum absolute atomic E-state index is 13.2. The molecule has 0 aromatic heterocycles. The summed E-state index contributed by atoms with van der Waals surface area (Å²) in [5, 5.41) is 5.85. The Balaban J connectivity index is 1.51. The van der Waals surface area contributed by atoms with E-state index in [2.05, 4.69) is 10.6 Å². The Morgan fingerprint density at radius 2 is 1.59 bits per heavy atom. The van der Waals surface area contributed by atoms with E-state index >= 15 is 0 Å². The molecule has 1 heterocycles. The zero-order valence-corrected chi connectivity index (χ0v) is 19.1. The summed E-state index contributed by atoms with van der Waals surface area (Å²) < 4.78 is 13.2. The third kappa shape index (κ3) is 4.98. The van der Waals surface area contributed by atoms with Crippen molar-refractivity contribution in [2.75, 3.05) is 22.1 Å². The highest BCUT2D eigenvalue weighted by atomic mass is 19.1. The molecule has 174 valence electrons. The van der Waals surface area contributed by atoms with Crippen LogP contribution in [-0.4, -0.2) is 30.2 Å². The summed E-state index contributed by atoms with van der Waals surface area (Å²) >= 11 is 0. The lowest BCUT2D eigenvalue weighted by Gasteiger charge is -2.36. The van der Waals surface area contributed by atoms with Gasteiger partial charge in [-0.2, -0.15) is 0 Å². The fourth-order valence-corrected chi connectivity index (χ4v) is 4.14. The van der Waals surface area contributed by atoms with Crippen molar-refractivity contribution < 1.29 is 18.8 Å². The molecule has 1 aliphatic heterocycles. The molecule has 1 atom stereocenters. The maximum Gasteiger partial charge on any atom is 0.255 e. The second-order valence-corrected chi connectivity index (χ2v) is 8.36. The van der Waals surface area contributed by atoms with Crippen molar-refractivity contribution in [2.24, 2.45) is 0 Å². The average Bonchev–Trinajstić information content (AvgIpc) is 2.84. The highest BCUT2D eigenvalue weighted by Gasteiger charge is 2.28. The molecule has 34 heavy (non-hydrogen) atoms. The summed E-state index contributed by atoms with van der Waals surface area (Å²) in [5.41, 5.74) is 4.14. The Kier molecular flexibility index (Phi) is 6.72. The second kappa shape index (κ2) is 9.87. The number of rotatable bonds is 6. The monoisotopic (exact) mass is 459 g/mol. The molecule has 0 bridgehead atoms. The molecule has 0 spiro atoms. The Morgan fingerprint density at radius 1 is 0.912 bits per heavy atom. The summed E-state index contributed by atoms with van der Waals surface area (Å²) in [4.78, 5) is 39.2. The molecule has 3 aromatic carbocycles. The minimum Gasteiger partial charge on any atom is -0.359 e. The number of benzene rings is 3. The number of carbonyl (C=O) groups is 3. The zero-order chi connectivity index (χ0) is 24.2. The van der Waals surface area contributed by atoms with Crippen LogP contribution in [0.15, 0.2) is 66.7 Å². The largest absolute Gasteiger partial charge is 0.359 e. The zero-order valence-electron chi connectivity index (χ0n) is 19.1. The number of amides is 2. The first-order valence-corrected chi connectivity index (χ1v) is 11.2. The number of halogens is 1. The normalized spacial score (nSPS) is 13.6. The van der Waals surface area contributed by atoms with Crippen LogP contribution in [0.3, 0.4) is 0 Å². The van der Waals surface area contributed by atoms with Gasteiger partial charge in [-0.3, -0.25) is 14.4 Å². The lowest BCUT2D eigenvalue weighted by Crippen LogP contribution is -2.44. The van der Waals surface area contributed by atoms with Crippen LogP contribution in [0, 0.1) is 5.82 Å². The number of ketones is 1. The van der Waals surface area contributed by atoms with Gasteiger partial charge in [-0.1, -0.05) is 6.07 Å². The Labute approximate surface area is 197 Å². The van der Waals surface area contributed by atoms with Crippen LogP contribution in [0.25, 0.3) is 0 Å². The van der Waals surface area contributed by atoms with Crippen molar-refractivity contribution in [3.8, 4) is 0 Å². The Bertz CT molecular complexity index is 1220. The van der Waals surface area contributed by atoms with E-state index in [0.717, 1.165) is 24.1 Å². The van der Waals surface area contributed by atoms with Crippen molar-refractivity contribution in [3.05, 3.63) is 89.2 Å². The number of hydrogen-bond acceptors (Lipinski definition) is 4. The Hall–Kier alpha value is -4.00. The molecule has 2 N–H and O–H groups in total. The molecule has 2 amide bonds. The number of carbonyl (C=O) groups excluding carboxylic acids is 3. The van der Waals surface area contributed by atoms with Crippen LogP contribution in [0.5, 0.6) is 0 Å². The second-order valence-electron chi connectivity index (χ2n) is 8.36. The number of nitrogens with zero attached hydrogens (tertiary/aromatic N) is 1. The fraction of sp³-hybridized carbons (Fsp3) is 0.222. The molecule has 0 saturated heterocycles. The molecular weight excluding hydrogens is 433 g/mol. The van der Waals surface area contributed by atoms with Gasteiger partial charge in [0.2, 0.25) is 5.91 Å². The molecule has 0 saturated carbocycles. The van der Waals surface area contributed by atoms with Gasteiger partial charge in [0.25, 0.3) is 5.91 Å². The van der Waals surface area contributed by atoms with E-state index in [9.17, 15) is 18.8 Å². The summed E-state index contributed by atoms with van der Waals surface area (Å²) in [7, 11) is 0. The van der Waals surface area contributed by atoms with Crippen molar-refractivity contribution in [2.45, 2.75) is 32.7 Å². The molecular formula is C27H26FN3O3. The number of Topliss-reactive ketones (excluding diaryl/α,β-unsaturated/α-hetero) is 1. The molecule has 0 fully saturated rings. The first-order valence-electron chi connectivity index (χ1n) is 11.2. The van der Waals surface area contributed by atoms with Gasteiger partial charge in [0.1, 0.15) is 11.9 Å². The van der Waals surface area contributed by atoms with Gasteiger partial charge in [0, 0.05) is 34.7 Å². The molecule has 7 heteroatoms. The van der Waals surface area contributed by atoms with E-state index in [-0.39, 0.29) is 17.6 Å². The minimum absolute atomic E-state index is 0.0292. The highest BCUT2D eigenvalue weighted by Crippen LogP contribution is 2.34. The fourth-order valence-electron chi connectivity index (χ4n) is 4.14. The van der Waals surface area contributed by atoms with Gasteiger partial charge in [-0.15, -0.1) is 0 Å². The van der Waals surface area contributed by atoms with Crippen molar-refractivity contribution >= 4 is 34.7 Å². The van der Waals surface area contributed by atoms with Crippen LogP contribution in [0.4, 0.5) is 21.5 Å². The predicted molar refractivity (Wildman–Crippen MR) is 131 cm³/mol. The van der Waals surface area contributed by atoms with Gasteiger partial charge in [0.15, 0.2) is 5.78 Å². The van der Waals surface area contributed by atoms with Crippen LogP contribution in [0.1, 0.15) is 46.5 Å². The smallest absolute Gasteiger partial charge is 0.255 e. The van der Waals surface area contributed by atoms with Crippen LogP contribution in [-0.2, 0) is 11.2 Å². The number of anilines is 3. The third-order valence-corrected chi connectivity index (χ3v) is 6.05. The molecule has 0 radical (unpaired) electrons. The topological polar surface area (TPSA) is 78.5 Å². The minimum atomic E-state index is -0.449. The maximum atomic E-state index is 13.2. The summed E-state index contributed by atoms with van der Waals surface area (Å²) in [5.74, 6) is -0.903. The number of fused-ring (bicyclic) bond motifs is 1. The quantitative estimate of drug-likeness (QED) is 0.505. The first kappa shape index (κ1) is 23.2. The van der Waals surface area contributed by atoms with Gasteiger partial charge in [-0.05, 0) is 92.9 Å². The lowest BCUT2D eigenvalue weighted by atomic mass is 9.97. The van der Waals surface area contributed by atoms with Crippen molar-refractivity contribution in [1.82, 2.24) is 0 Å². The van der Waals surface area contributed by atoms with E-state index in [0.29, 0.717) is 29.0 Å². The highest BCUT2D eigenvalue weighted by molar-refractivity contribution is 6.05. The van der Waals surface area contributed by atoms with Crippen LogP contribution in [0.2, 0.25) is 0 Å². The molecule has 4 rings (SSSR count). The summed E-state index contributed by atoms with van der Waals surface area (Å²) in [6, 6.07) is 17.4. The molecule has 0 aliphatic carbocycles. The van der Waals surface area contributed by atoms with E-state index in [1.165, 1.54) is 31.2 Å². The standard InChI is InChI=1S/C27H26FN3O3/c1-17(26(33)29-22-14-10-19(11-15-22)18(2)32)31-16-4-5-23-24(6-3-7-25(23)31)30-27(34)20-8-12-21(28)13-9-20/h3,6-15,17H,4-5,16H2,1-2H3,(H,29,33)(H,30,34). The van der Waals surface area contributed by atoms with E-state index in [4.69, 9.17) is 0 Å². The summed E-state index contributed by atoms with van der Waals surface area (Å²) in [6.45, 7) is 4.05. The number of hydrogen-bond donors (Lipinski definition) is 2. The van der Waals surface area contributed by atoms with Gasteiger partial charge >= 0.3 is 0 Å². The van der Waals surface area contributed by atoms with Crippen LogP contribution < -0.4 is 15.5 Å². The molecule has 6 nitrogen and oxygen atoms in total. The van der Waals surface area contributed by atoms with E-state index < -0.39 is 11.9 Å². The van der Waals surface area contributed by atoms with E-state index in [1.54, 1.807) is 24.3 Å². The van der Waals surface area contributed by atoms with Crippen LogP contribution >= 0.6 is 0 Å². The van der Waals surface area contributed by atoms with Gasteiger partial charge in [0.05, 0.1) is 0 Å².